The van der Waals surface area contributed by atoms with Gasteiger partial charge in [-0.25, -0.2) is 8.42 Å². The van der Waals surface area contributed by atoms with E-state index in [-0.39, 0.29) is 0 Å². The lowest BCUT2D eigenvalue weighted by Crippen LogP contribution is -2.18. The number of sulfone groups is 1. The third kappa shape index (κ3) is 2.54. The molecule has 1 aliphatic rings. The number of hydrogen-bond acceptors (Lipinski definition) is 4. The van der Waals surface area contributed by atoms with Crippen molar-refractivity contribution in [2.45, 2.75) is 17.7 Å². The van der Waals surface area contributed by atoms with Crippen molar-refractivity contribution >= 4 is 15.5 Å². The molecule has 0 N–H and O–H groups in total. The van der Waals surface area contributed by atoms with Crippen molar-refractivity contribution in [2.24, 2.45) is 0 Å². The largest absolute Gasteiger partial charge is 0.495 e. The van der Waals surface area contributed by atoms with E-state index in [2.05, 4.69) is 4.90 Å². The highest BCUT2D eigenvalue weighted by atomic mass is 32.2. The van der Waals surface area contributed by atoms with E-state index in [4.69, 9.17) is 4.74 Å². The van der Waals surface area contributed by atoms with Crippen LogP contribution in [-0.2, 0) is 9.84 Å². The molecule has 0 spiro atoms. The summed E-state index contributed by atoms with van der Waals surface area (Å²) in [4.78, 5) is 2.52. The Morgan fingerprint density at radius 3 is 2.41 bits per heavy atom. The minimum Gasteiger partial charge on any atom is -0.495 e. The first-order valence-electron chi connectivity index (χ1n) is 5.65. The second-order valence-corrected chi connectivity index (χ2v) is 6.32. The predicted octanol–water partition coefficient (Wildman–Crippen LogP) is 1.70. The number of ether oxygens (including phenoxy) is 1. The van der Waals surface area contributed by atoms with Gasteiger partial charge in [-0.1, -0.05) is 0 Å². The quantitative estimate of drug-likeness (QED) is 0.824. The van der Waals surface area contributed by atoms with Crippen LogP contribution >= 0.6 is 0 Å². The lowest BCUT2D eigenvalue weighted by molar-refractivity contribution is 0.414. The monoisotopic (exact) mass is 255 g/mol. The first kappa shape index (κ1) is 12.2. The SMILES string of the molecule is COc1ccc(S(C)(=O)=O)cc1N1CCCC1. The third-order valence-corrected chi connectivity index (χ3v) is 4.14. The zero-order chi connectivity index (χ0) is 12.5. The van der Waals surface area contributed by atoms with Crippen LogP contribution in [-0.4, -0.2) is 34.9 Å². The summed E-state index contributed by atoms with van der Waals surface area (Å²) < 4.78 is 28.4. The fraction of sp³-hybridized carbons (Fsp3) is 0.500. The van der Waals surface area contributed by atoms with Gasteiger partial charge in [0.15, 0.2) is 9.84 Å². The molecular formula is C12H17NO3S. The molecule has 0 saturated carbocycles. The zero-order valence-electron chi connectivity index (χ0n) is 10.1. The fourth-order valence-corrected chi connectivity index (χ4v) is 2.75. The highest BCUT2D eigenvalue weighted by molar-refractivity contribution is 7.90. The van der Waals surface area contributed by atoms with E-state index in [1.54, 1.807) is 25.3 Å². The molecule has 1 heterocycles. The van der Waals surface area contributed by atoms with Gasteiger partial charge in [0.05, 0.1) is 17.7 Å². The Bertz CT molecular complexity index is 504. The average molecular weight is 255 g/mol. The maximum absolute atomic E-state index is 11.5. The van der Waals surface area contributed by atoms with E-state index in [0.717, 1.165) is 37.4 Å². The molecule has 0 bridgehead atoms. The molecule has 0 aromatic heterocycles. The molecule has 4 nitrogen and oxygen atoms in total. The van der Waals surface area contributed by atoms with Crippen LogP contribution in [0.5, 0.6) is 5.75 Å². The van der Waals surface area contributed by atoms with Gasteiger partial charge >= 0.3 is 0 Å². The molecule has 0 amide bonds. The molecule has 0 unspecified atom stereocenters. The van der Waals surface area contributed by atoms with Gasteiger partial charge < -0.3 is 9.64 Å². The molecule has 0 aliphatic carbocycles. The Hall–Kier alpha value is -1.23. The van der Waals surface area contributed by atoms with Crippen LogP contribution in [0.3, 0.4) is 0 Å². The molecule has 1 aromatic rings. The zero-order valence-corrected chi connectivity index (χ0v) is 11.0. The van der Waals surface area contributed by atoms with E-state index in [1.807, 2.05) is 0 Å². The summed E-state index contributed by atoms with van der Waals surface area (Å²) >= 11 is 0. The van der Waals surface area contributed by atoms with E-state index in [9.17, 15) is 8.42 Å². The molecular weight excluding hydrogens is 238 g/mol. The summed E-state index contributed by atoms with van der Waals surface area (Å²) in [6.45, 7) is 1.92. The van der Waals surface area contributed by atoms with Crippen LogP contribution in [0.2, 0.25) is 0 Å². The summed E-state index contributed by atoms with van der Waals surface area (Å²) in [7, 11) is -1.56. The Kier molecular flexibility index (Phi) is 3.28. The number of hydrogen-bond donors (Lipinski definition) is 0. The number of nitrogens with zero attached hydrogens (tertiary/aromatic N) is 1. The molecule has 2 rings (SSSR count). The van der Waals surface area contributed by atoms with Crippen molar-refractivity contribution in [2.75, 3.05) is 31.4 Å². The summed E-state index contributed by atoms with van der Waals surface area (Å²) in [5.41, 5.74) is 0.882. The van der Waals surface area contributed by atoms with Crippen LogP contribution in [0.1, 0.15) is 12.8 Å². The molecule has 94 valence electrons. The molecule has 1 saturated heterocycles. The van der Waals surface area contributed by atoms with Crippen LogP contribution in [0.25, 0.3) is 0 Å². The number of benzene rings is 1. The Morgan fingerprint density at radius 2 is 1.88 bits per heavy atom. The van der Waals surface area contributed by atoms with E-state index < -0.39 is 9.84 Å². The topological polar surface area (TPSA) is 46.6 Å². The van der Waals surface area contributed by atoms with Crippen molar-refractivity contribution in [3.63, 3.8) is 0 Å². The van der Waals surface area contributed by atoms with Crippen LogP contribution in [0.15, 0.2) is 23.1 Å². The Balaban J connectivity index is 2.46. The van der Waals surface area contributed by atoms with Gasteiger partial charge in [-0.05, 0) is 31.0 Å². The summed E-state index contributed by atoms with van der Waals surface area (Å²) in [5, 5.41) is 0. The molecule has 0 atom stereocenters. The standard InChI is InChI=1S/C12H17NO3S/c1-16-12-6-5-10(17(2,14)15)9-11(12)13-7-3-4-8-13/h5-6,9H,3-4,7-8H2,1-2H3. The second kappa shape index (κ2) is 4.56. The van der Waals surface area contributed by atoms with Crippen LogP contribution < -0.4 is 9.64 Å². The lowest BCUT2D eigenvalue weighted by atomic mass is 10.2. The number of rotatable bonds is 3. The van der Waals surface area contributed by atoms with E-state index in [0.29, 0.717) is 4.90 Å². The van der Waals surface area contributed by atoms with Crippen molar-refractivity contribution in [3.05, 3.63) is 18.2 Å². The normalized spacial score (nSPS) is 16.2. The minimum absolute atomic E-state index is 0.347. The predicted molar refractivity (Wildman–Crippen MR) is 67.6 cm³/mol. The maximum Gasteiger partial charge on any atom is 0.175 e. The average Bonchev–Trinajstić information content (AvgIpc) is 2.80. The third-order valence-electron chi connectivity index (χ3n) is 3.03. The van der Waals surface area contributed by atoms with Gasteiger partial charge in [0.25, 0.3) is 0 Å². The van der Waals surface area contributed by atoms with Crippen molar-refractivity contribution in [1.29, 1.82) is 0 Å². The first-order valence-corrected chi connectivity index (χ1v) is 7.54. The maximum atomic E-state index is 11.5. The molecule has 0 radical (unpaired) electrons. The van der Waals surface area contributed by atoms with Crippen LogP contribution in [0, 0.1) is 0 Å². The smallest absolute Gasteiger partial charge is 0.175 e. The second-order valence-electron chi connectivity index (χ2n) is 4.30. The van der Waals surface area contributed by atoms with Gasteiger partial charge in [0.1, 0.15) is 5.75 Å². The fourth-order valence-electron chi connectivity index (χ4n) is 2.11. The Morgan fingerprint density at radius 1 is 1.24 bits per heavy atom. The van der Waals surface area contributed by atoms with E-state index in [1.165, 1.54) is 6.26 Å². The van der Waals surface area contributed by atoms with Gasteiger partial charge in [-0.2, -0.15) is 0 Å². The number of methoxy groups -OCH3 is 1. The molecule has 1 fully saturated rings. The Labute approximate surface area is 102 Å². The highest BCUT2D eigenvalue weighted by Crippen LogP contribution is 2.32. The summed E-state index contributed by atoms with van der Waals surface area (Å²) in [6, 6.07) is 5.03. The van der Waals surface area contributed by atoms with Gasteiger partial charge in [-0.3, -0.25) is 0 Å². The van der Waals surface area contributed by atoms with Gasteiger partial charge in [0.2, 0.25) is 0 Å². The highest BCUT2D eigenvalue weighted by Gasteiger charge is 2.19. The van der Waals surface area contributed by atoms with Gasteiger partial charge in [-0.15, -0.1) is 0 Å². The lowest BCUT2D eigenvalue weighted by Gasteiger charge is -2.21. The molecule has 17 heavy (non-hydrogen) atoms. The van der Waals surface area contributed by atoms with Crippen molar-refractivity contribution in [3.8, 4) is 5.75 Å². The summed E-state index contributed by atoms with van der Waals surface area (Å²) in [6.07, 6.45) is 3.51. The first-order chi connectivity index (χ1) is 8.02. The van der Waals surface area contributed by atoms with Crippen LogP contribution in [0.4, 0.5) is 5.69 Å². The van der Waals surface area contributed by atoms with Gasteiger partial charge in [0, 0.05) is 19.3 Å². The minimum atomic E-state index is -3.16. The van der Waals surface area contributed by atoms with Crippen molar-refractivity contribution < 1.29 is 13.2 Å². The van der Waals surface area contributed by atoms with Crippen molar-refractivity contribution in [1.82, 2.24) is 0 Å². The summed E-state index contributed by atoms with van der Waals surface area (Å²) in [5.74, 6) is 0.735. The number of anilines is 1. The molecule has 1 aromatic carbocycles. The van der Waals surface area contributed by atoms with E-state index >= 15 is 0 Å². The molecule has 1 aliphatic heterocycles. The molecule has 5 heteroatoms.